The molecule has 2 aromatic heterocycles. The number of fused-ring (bicyclic) bond motifs is 1. The highest BCUT2D eigenvalue weighted by Gasteiger charge is 2.31. The minimum Gasteiger partial charge on any atom is -0.406 e. The minimum atomic E-state index is -4.73. The van der Waals surface area contributed by atoms with Crippen molar-refractivity contribution in [3.8, 4) is 17.0 Å². The molecule has 1 saturated carbocycles. The summed E-state index contributed by atoms with van der Waals surface area (Å²) in [6, 6.07) is 8.75. The van der Waals surface area contributed by atoms with Gasteiger partial charge in [-0.3, -0.25) is 4.57 Å². The first kappa shape index (κ1) is 16.7. The Kier molecular flexibility index (Phi) is 3.97. The molecule has 0 atom stereocenters. The Bertz CT molecular complexity index is 986. The molecule has 2 heterocycles. The summed E-state index contributed by atoms with van der Waals surface area (Å²) in [6.07, 6.45) is -1.40. The Morgan fingerprint density at radius 2 is 1.88 bits per heavy atom. The van der Waals surface area contributed by atoms with Crippen LogP contribution >= 0.6 is 0 Å². The highest BCUT2D eigenvalue weighted by Crippen LogP contribution is 2.29. The van der Waals surface area contributed by atoms with Gasteiger partial charge in [-0.2, -0.15) is 0 Å². The van der Waals surface area contributed by atoms with Gasteiger partial charge in [0.05, 0.1) is 5.69 Å². The van der Waals surface area contributed by atoms with Crippen molar-refractivity contribution in [2.45, 2.75) is 32.2 Å². The lowest BCUT2D eigenvalue weighted by Crippen LogP contribution is -2.24. The summed E-state index contributed by atoms with van der Waals surface area (Å²) >= 11 is 0. The molecule has 8 heteroatoms. The predicted molar refractivity (Wildman–Crippen MR) is 87.7 cm³/mol. The van der Waals surface area contributed by atoms with Crippen molar-refractivity contribution in [2.75, 3.05) is 0 Å². The Labute approximate surface area is 146 Å². The third-order valence-electron chi connectivity index (χ3n) is 4.56. The van der Waals surface area contributed by atoms with Crippen molar-refractivity contribution in [1.29, 1.82) is 0 Å². The molecule has 4 rings (SSSR count). The normalized spacial score (nSPS) is 15.2. The molecular weight excluding hydrogens is 349 g/mol. The molecule has 5 nitrogen and oxygen atoms in total. The van der Waals surface area contributed by atoms with E-state index in [0.717, 1.165) is 12.8 Å². The van der Waals surface area contributed by atoms with Gasteiger partial charge in [0.2, 0.25) is 0 Å². The standard InChI is InChI=1S/C18H15F3N2O3/c19-18(20,21)26-13-6-4-12(5-7-13)14-8-9-15-16(22-14)23(17(24)25-15)10-11-2-1-3-11/h4-9,11H,1-3,10H2. The highest BCUT2D eigenvalue weighted by atomic mass is 19.4. The van der Waals surface area contributed by atoms with Gasteiger partial charge >= 0.3 is 12.1 Å². The second kappa shape index (κ2) is 6.19. The number of nitrogens with zero attached hydrogens (tertiary/aromatic N) is 2. The van der Waals surface area contributed by atoms with Crippen molar-refractivity contribution in [2.24, 2.45) is 5.92 Å². The molecule has 0 unspecified atom stereocenters. The predicted octanol–water partition coefficient (Wildman–Crippen LogP) is 4.36. The number of halogens is 3. The quantitative estimate of drug-likeness (QED) is 0.690. The third kappa shape index (κ3) is 3.31. The zero-order valence-corrected chi connectivity index (χ0v) is 13.6. The average molecular weight is 364 g/mol. The van der Waals surface area contributed by atoms with E-state index in [4.69, 9.17) is 4.42 Å². The zero-order chi connectivity index (χ0) is 18.3. The van der Waals surface area contributed by atoms with E-state index in [1.807, 2.05) is 0 Å². The molecule has 1 aliphatic carbocycles. The fourth-order valence-electron chi connectivity index (χ4n) is 3.03. The summed E-state index contributed by atoms with van der Waals surface area (Å²) in [4.78, 5) is 16.6. The first-order valence-corrected chi connectivity index (χ1v) is 8.26. The fraction of sp³-hybridized carbons (Fsp3) is 0.333. The number of alkyl halides is 3. The fourth-order valence-corrected chi connectivity index (χ4v) is 3.03. The van der Waals surface area contributed by atoms with Gasteiger partial charge in [-0.15, -0.1) is 13.2 Å². The van der Waals surface area contributed by atoms with Crippen molar-refractivity contribution in [3.63, 3.8) is 0 Å². The topological polar surface area (TPSA) is 57.3 Å². The van der Waals surface area contributed by atoms with E-state index in [1.54, 1.807) is 12.1 Å². The lowest BCUT2D eigenvalue weighted by atomic mass is 9.85. The van der Waals surface area contributed by atoms with E-state index in [2.05, 4.69) is 9.72 Å². The molecule has 1 aliphatic rings. The summed E-state index contributed by atoms with van der Waals surface area (Å²) in [6.45, 7) is 0.570. The van der Waals surface area contributed by atoms with Crippen LogP contribution in [0.4, 0.5) is 13.2 Å². The van der Waals surface area contributed by atoms with E-state index >= 15 is 0 Å². The van der Waals surface area contributed by atoms with Crippen LogP contribution in [0.3, 0.4) is 0 Å². The van der Waals surface area contributed by atoms with Crippen LogP contribution < -0.4 is 10.5 Å². The van der Waals surface area contributed by atoms with Crippen LogP contribution in [0.5, 0.6) is 5.75 Å². The van der Waals surface area contributed by atoms with Crippen LogP contribution in [0.25, 0.3) is 22.5 Å². The molecule has 1 fully saturated rings. The Hall–Kier alpha value is -2.77. The van der Waals surface area contributed by atoms with Crippen LogP contribution in [0.15, 0.2) is 45.6 Å². The monoisotopic (exact) mass is 364 g/mol. The Morgan fingerprint density at radius 3 is 2.50 bits per heavy atom. The minimum absolute atomic E-state index is 0.299. The van der Waals surface area contributed by atoms with E-state index in [-0.39, 0.29) is 5.75 Å². The van der Waals surface area contributed by atoms with Crippen molar-refractivity contribution in [1.82, 2.24) is 9.55 Å². The molecule has 0 aliphatic heterocycles. The number of pyridine rings is 1. The Balaban J connectivity index is 1.66. The van der Waals surface area contributed by atoms with Crippen LogP contribution in [0, 0.1) is 5.92 Å². The zero-order valence-electron chi connectivity index (χ0n) is 13.6. The molecule has 136 valence electrons. The van der Waals surface area contributed by atoms with Crippen LogP contribution in [0.1, 0.15) is 19.3 Å². The molecule has 0 N–H and O–H groups in total. The van der Waals surface area contributed by atoms with Crippen molar-refractivity contribution < 1.29 is 22.3 Å². The van der Waals surface area contributed by atoms with Crippen molar-refractivity contribution in [3.05, 3.63) is 46.9 Å². The molecule has 1 aromatic carbocycles. The number of rotatable bonds is 4. The second-order valence-electron chi connectivity index (χ2n) is 6.37. The molecule has 26 heavy (non-hydrogen) atoms. The molecule has 0 radical (unpaired) electrons. The summed E-state index contributed by atoms with van der Waals surface area (Å²) in [5, 5.41) is 0. The largest absolute Gasteiger partial charge is 0.573 e. The van der Waals surface area contributed by atoms with E-state index in [1.165, 1.54) is 35.3 Å². The molecule has 0 amide bonds. The Morgan fingerprint density at radius 1 is 1.15 bits per heavy atom. The maximum atomic E-state index is 12.2. The van der Waals surface area contributed by atoms with Crippen molar-refractivity contribution >= 4 is 11.2 Å². The van der Waals surface area contributed by atoms with Gasteiger partial charge in [0.1, 0.15) is 5.75 Å². The summed E-state index contributed by atoms with van der Waals surface area (Å²) < 4.78 is 47.4. The number of ether oxygens (including phenoxy) is 1. The van der Waals surface area contributed by atoms with Gasteiger partial charge in [0.15, 0.2) is 11.2 Å². The summed E-state index contributed by atoms with van der Waals surface area (Å²) in [5.41, 5.74) is 2.01. The molecule has 0 bridgehead atoms. The van der Waals surface area contributed by atoms with Crippen LogP contribution in [-0.2, 0) is 6.54 Å². The highest BCUT2D eigenvalue weighted by molar-refractivity contribution is 5.73. The van der Waals surface area contributed by atoms with Gasteiger partial charge in [-0.25, -0.2) is 9.78 Å². The van der Waals surface area contributed by atoms with Gasteiger partial charge in [0, 0.05) is 12.1 Å². The smallest absolute Gasteiger partial charge is 0.406 e. The number of benzene rings is 1. The summed E-state index contributed by atoms with van der Waals surface area (Å²) in [5.74, 6) is -0.282. The van der Waals surface area contributed by atoms with E-state index in [9.17, 15) is 18.0 Å². The van der Waals surface area contributed by atoms with Gasteiger partial charge < -0.3 is 9.15 Å². The number of hydrogen-bond acceptors (Lipinski definition) is 4. The van der Waals surface area contributed by atoms with Gasteiger partial charge in [-0.05, 0) is 55.2 Å². The molecule has 0 spiro atoms. The van der Waals surface area contributed by atoms with Crippen LogP contribution in [-0.4, -0.2) is 15.9 Å². The summed E-state index contributed by atoms with van der Waals surface area (Å²) in [7, 11) is 0. The first-order valence-electron chi connectivity index (χ1n) is 8.26. The lowest BCUT2D eigenvalue weighted by Gasteiger charge is -2.24. The van der Waals surface area contributed by atoms with Gasteiger partial charge in [0.25, 0.3) is 0 Å². The molecule has 0 saturated heterocycles. The third-order valence-corrected chi connectivity index (χ3v) is 4.56. The van der Waals surface area contributed by atoms with Crippen LogP contribution in [0.2, 0.25) is 0 Å². The first-order chi connectivity index (χ1) is 12.4. The maximum absolute atomic E-state index is 12.2. The number of hydrogen-bond donors (Lipinski definition) is 0. The van der Waals surface area contributed by atoms with Gasteiger partial charge in [-0.1, -0.05) is 6.42 Å². The number of oxazole rings is 1. The lowest BCUT2D eigenvalue weighted by molar-refractivity contribution is -0.274. The van der Waals surface area contributed by atoms with E-state index < -0.39 is 12.1 Å². The molecular formula is C18H15F3N2O3. The average Bonchev–Trinajstić information content (AvgIpc) is 2.84. The molecule has 3 aromatic rings. The SMILES string of the molecule is O=c1oc2ccc(-c3ccc(OC(F)(F)F)cc3)nc2n1CC1CCC1. The number of aromatic nitrogens is 2. The van der Waals surface area contributed by atoms with E-state index in [0.29, 0.717) is 35.0 Å². The second-order valence-corrected chi connectivity index (χ2v) is 6.37. The maximum Gasteiger partial charge on any atom is 0.573 e.